The second kappa shape index (κ2) is 10.1. The molecule has 1 atom stereocenters. The molecule has 0 aromatic carbocycles. The van der Waals surface area contributed by atoms with Crippen LogP contribution >= 0.6 is 0 Å². The summed E-state index contributed by atoms with van der Waals surface area (Å²) >= 11 is 0. The Morgan fingerprint density at radius 1 is 1.00 bits per heavy atom. The Kier molecular flexibility index (Phi) is 8.68. The van der Waals surface area contributed by atoms with Crippen molar-refractivity contribution in [1.82, 2.24) is 10.2 Å². The fourth-order valence-electron chi connectivity index (χ4n) is 2.80. The maximum atomic E-state index is 11.3. The monoisotopic (exact) mass is 268 g/mol. The fraction of sp³-hybridized carbons (Fsp3) is 0.938. The molecule has 1 aliphatic heterocycles. The van der Waals surface area contributed by atoms with Crippen LogP contribution in [0.5, 0.6) is 0 Å². The van der Waals surface area contributed by atoms with Crippen LogP contribution in [0.15, 0.2) is 0 Å². The van der Waals surface area contributed by atoms with Gasteiger partial charge in [-0.05, 0) is 6.42 Å². The van der Waals surface area contributed by atoms with Crippen molar-refractivity contribution >= 4 is 6.03 Å². The number of hydrogen-bond acceptors (Lipinski definition) is 1. The zero-order chi connectivity index (χ0) is 13.9. The summed E-state index contributed by atoms with van der Waals surface area (Å²) in [5.74, 6) is 0. The molecule has 1 N–H and O–H groups in total. The molecule has 2 amide bonds. The first-order valence-electron chi connectivity index (χ1n) is 8.26. The Bertz CT molecular complexity index is 243. The zero-order valence-corrected chi connectivity index (χ0v) is 12.9. The van der Waals surface area contributed by atoms with E-state index in [4.69, 9.17) is 0 Å². The van der Waals surface area contributed by atoms with Crippen molar-refractivity contribution in [3.63, 3.8) is 0 Å². The van der Waals surface area contributed by atoms with Crippen molar-refractivity contribution in [1.29, 1.82) is 0 Å². The van der Waals surface area contributed by atoms with Crippen LogP contribution in [-0.2, 0) is 0 Å². The quantitative estimate of drug-likeness (QED) is 0.556. The van der Waals surface area contributed by atoms with E-state index >= 15 is 0 Å². The smallest absolute Gasteiger partial charge is 0.317 e. The molecule has 0 spiro atoms. The molecule has 0 aromatic rings. The molecule has 3 heteroatoms. The van der Waals surface area contributed by atoms with E-state index < -0.39 is 0 Å². The molecule has 1 aliphatic rings. The van der Waals surface area contributed by atoms with Gasteiger partial charge >= 0.3 is 6.03 Å². The van der Waals surface area contributed by atoms with E-state index in [-0.39, 0.29) is 6.03 Å². The van der Waals surface area contributed by atoms with Crippen LogP contribution in [-0.4, -0.2) is 30.6 Å². The highest BCUT2D eigenvalue weighted by atomic mass is 16.2. The molecular formula is C16H32N2O. The first kappa shape index (κ1) is 16.3. The predicted molar refractivity (Wildman–Crippen MR) is 81.4 cm³/mol. The largest absolute Gasteiger partial charge is 0.336 e. The number of nitrogens with zero attached hydrogens (tertiary/aromatic N) is 1. The lowest BCUT2D eigenvalue weighted by Crippen LogP contribution is -2.29. The van der Waals surface area contributed by atoms with Gasteiger partial charge in [0.05, 0.1) is 6.04 Å². The van der Waals surface area contributed by atoms with E-state index in [9.17, 15) is 4.79 Å². The average Bonchev–Trinajstić information content (AvgIpc) is 2.73. The van der Waals surface area contributed by atoms with Gasteiger partial charge in [0.2, 0.25) is 0 Å². The van der Waals surface area contributed by atoms with Crippen molar-refractivity contribution in [2.24, 2.45) is 0 Å². The van der Waals surface area contributed by atoms with E-state index in [1.165, 1.54) is 64.2 Å². The molecule has 0 aliphatic carbocycles. The molecule has 112 valence electrons. The topological polar surface area (TPSA) is 32.3 Å². The Hall–Kier alpha value is -0.730. The minimum Gasteiger partial charge on any atom is -0.336 e. The minimum atomic E-state index is 0.0945. The number of urea groups is 1. The summed E-state index contributed by atoms with van der Waals surface area (Å²) in [6.45, 7) is 3.11. The van der Waals surface area contributed by atoms with Gasteiger partial charge in [-0.25, -0.2) is 4.79 Å². The molecule has 0 bridgehead atoms. The van der Waals surface area contributed by atoms with Crippen LogP contribution in [0.3, 0.4) is 0 Å². The number of amides is 2. The van der Waals surface area contributed by atoms with Crippen molar-refractivity contribution in [2.45, 2.75) is 83.6 Å². The Labute approximate surface area is 119 Å². The Balaban J connectivity index is 1.82. The number of carbonyl (C=O) groups excluding carboxylic acids is 1. The number of likely N-dealkylation sites (N-methyl/N-ethyl adjacent to an activating group) is 1. The van der Waals surface area contributed by atoms with Crippen molar-refractivity contribution < 1.29 is 4.79 Å². The maximum Gasteiger partial charge on any atom is 0.317 e. The number of carbonyl (C=O) groups is 1. The molecule has 1 unspecified atom stereocenters. The number of nitrogens with one attached hydrogen (secondary N) is 1. The summed E-state index contributed by atoms with van der Waals surface area (Å²) < 4.78 is 0. The van der Waals surface area contributed by atoms with Gasteiger partial charge in [0.25, 0.3) is 0 Å². The Morgan fingerprint density at radius 3 is 2.00 bits per heavy atom. The predicted octanol–water partition coefficient (Wildman–Crippen LogP) is 4.32. The van der Waals surface area contributed by atoms with Crippen molar-refractivity contribution in [3.05, 3.63) is 0 Å². The van der Waals surface area contributed by atoms with Crippen LogP contribution in [0.2, 0.25) is 0 Å². The SMILES string of the molecule is CCCCCCCCCCCCC1CNC(=O)N1C. The third-order valence-corrected chi connectivity index (χ3v) is 4.25. The van der Waals surface area contributed by atoms with Crippen molar-refractivity contribution in [2.75, 3.05) is 13.6 Å². The van der Waals surface area contributed by atoms with Gasteiger partial charge in [-0.1, -0.05) is 71.1 Å². The molecule has 1 saturated heterocycles. The molecule has 1 fully saturated rings. The zero-order valence-electron chi connectivity index (χ0n) is 12.9. The van der Waals surface area contributed by atoms with E-state index in [1.54, 1.807) is 0 Å². The summed E-state index contributed by atoms with van der Waals surface area (Å²) in [5.41, 5.74) is 0. The molecule has 1 rings (SSSR count). The van der Waals surface area contributed by atoms with E-state index in [1.807, 2.05) is 11.9 Å². The highest BCUT2D eigenvalue weighted by Gasteiger charge is 2.25. The second-order valence-electron chi connectivity index (χ2n) is 5.92. The van der Waals surface area contributed by atoms with Crippen LogP contribution < -0.4 is 5.32 Å². The number of rotatable bonds is 11. The van der Waals surface area contributed by atoms with Gasteiger partial charge in [-0.15, -0.1) is 0 Å². The maximum absolute atomic E-state index is 11.3. The van der Waals surface area contributed by atoms with Gasteiger partial charge in [-0.3, -0.25) is 0 Å². The summed E-state index contributed by atoms with van der Waals surface area (Å²) in [4.78, 5) is 13.1. The summed E-state index contributed by atoms with van der Waals surface area (Å²) in [5, 5.41) is 2.89. The third-order valence-electron chi connectivity index (χ3n) is 4.25. The lowest BCUT2D eigenvalue weighted by atomic mass is 10.0. The van der Waals surface area contributed by atoms with Gasteiger partial charge in [0.15, 0.2) is 0 Å². The average molecular weight is 268 g/mol. The number of unbranched alkanes of at least 4 members (excludes halogenated alkanes) is 9. The normalized spacial score (nSPS) is 18.9. The molecule has 0 radical (unpaired) electrons. The standard InChI is InChI=1S/C16H32N2O/c1-3-4-5-6-7-8-9-10-11-12-13-15-14-17-16(19)18(15)2/h15H,3-14H2,1-2H3,(H,17,19). The summed E-state index contributed by atoms with van der Waals surface area (Å²) in [7, 11) is 1.91. The molecular weight excluding hydrogens is 236 g/mol. The van der Waals surface area contributed by atoms with E-state index in [2.05, 4.69) is 12.2 Å². The fourth-order valence-corrected chi connectivity index (χ4v) is 2.80. The molecule has 19 heavy (non-hydrogen) atoms. The van der Waals surface area contributed by atoms with E-state index in [0.29, 0.717) is 6.04 Å². The highest BCUT2D eigenvalue weighted by Crippen LogP contribution is 2.15. The van der Waals surface area contributed by atoms with E-state index in [0.717, 1.165) is 13.0 Å². The number of hydrogen-bond donors (Lipinski definition) is 1. The first-order chi connectivity index (χ1) is 9.25. The van der Waals surface area contributed by atoms with Crippen molar-refractivity contribution in [3.8, 4) is 0 Å². The molecule has 3 nitrogen and oxygen atoms in total. The third kappa shape index (κ3) is 6.84. The lowest BCUT2D eigenvalue weighted by molar-refractivity contribution is 0.214. The Morgan fingerprint density at radius 2 is 1.53 bits per heavy atom. The lowest BCUT2D eigenvalue weighted by Gasteiger charge is -2.17. The summed E-state index contributed by atoms with van der Waals surface area (Å²) in [6.07, 6.45) is 14.9. The van der Waals surface area contributed by atoms with Gasteiger partial charge in [0.1, 0.15) is 0 Å². The van der Waals surface area contributed by atoms with Crippen LogP contribution in [0, 0.1) is 0 Å². The molecule has 0 saturated carbocycles. The second-order valence-corrected chi connectivity index (χ2v) is 5.92. The highest BCUT2D eigenvalue weighted by molar-refractivity contribution is 5.76. The van der Waals surface area contributed by atoms with Gasteiger partial charge in [-0.2, -0.15) is 0 Å². The van der Waals surface area contributed by atoms with Crippen LogP contribution in [0.1, 0.15) is 77.6 Å². The van der Waals surface area contributed by atoms with Gasteiger partial charge < -0.3 is 10.2 Å². The van der Waals surface area contributed by atoms with Gasteiger partial charge in [0, 0.05) is 13.6 Å². The van der Waals surface area contributed by atoms with Crippen LogP contribution in [0.4, 0.5) is 4.79 Å². The van der Waals surface area contributed by atoms with Crippen LogP contribution in [0.25, 0.3) is 0 Å². The minimum absolute atomic E-state index is 0.0945. The summed E-state index contributed by atoms with van der Waals surface area (Å²) in [6, 6.07) is 0.527. The molecule has 0 aromatic heterocycles. The molecule has 1 heterocycles. The first-order valence-corrected chi connectivity index (χ1v) is 8.26.